The number of benzene rings is 1. The molecule has 25 heavy (non-hydrogen) atoms. The average Bonchev–Trinajstić information content (AvgIpc) is 3.10. The molecule has 1 aromatic heterocycles. The molecule has 1 heterocycles. The van der Waals surface area contributed by atoms with Gasteiger partial charge in [-0.3, -0.25) is 4.79 Å². The molecule has 1 atom stereocenters. The highest BCUT2D eigenvalue weighted by molar-refractivity contribution is 5.88. The standard InChI is InChI=1S/C18H20N2O5/c1-18(19-12-21,17(23)25-3)11-13-6-8-14(9-7-13)20-10-4-5-15(20)16(22)24-2/h4-10,12H,11H2,1-3H3,(H,19,21)/t18-/m0/s1. The molecule has 0 fully saturated rings. The second-order valence-corrected chi connectivity index (χ2v) is 5.68. The van der Waals surface area contributed by atoms with Crippen molar-refractivity contribution in [2.24, 2.45) is 0 Å². The summed E-state index contributed by atoms with van der Waals surface area (Å²) in [6.45, 7) is 1.60. The second-order valence-electron chi connectivity index (χ2n) is 5.68. The zero-order valence-corrected chi connectivity index (χ0v) is 14.3. The first-order valence-electron chi connectivity index (χ1n) is 7.60. The Bertz CT molecular complexity index is 766. The molecule has 0 aliphatic carbocycles. The topological polar surface area (TPSA) is 86.6 Å². The summed E-state index contributed by atoms with van der Waals surface area (Å²) in [4.78, 5) is 34.5. The van der Waals surface area contributed by atoms with Gasteiger partial charge in [-0.15, -0.1) is 0 Å². The SMILES string of the molecule is COC(=O)c1cccn1-c1ccc(C[C@](C)(NC=O)C(=O)OC)cc1. The number of esters is 2. The van der Waals surface area contributed by atoms with Crippen LogP contribution in [0.4, 0.5) is 0 Å². The molecule has 7 nitrogen and oxygen atoms in total. The summed E-state index contributed by atoms with van der Waals surface area (Å²) in [5.74, 6) is -0.954. The van der Waals surface area contributed by atoms with Gasteiger partial charge in [0.1, 0.15) is 11.2 Å². The lowest BCUT2D eigenvalue weighted by molar-refractivity contribution is -0.148. The zero-order valence-electron chi connectivity index (χ0n) is 14.3. The molecule has 0 saturated carbocycles. The van der Waals surface area contributed by atoms with E-state index >= 15 is 0 Å². The fourth-order valence-electron chi connectivity index (χ4n) is 2.60. The smallest absolute Gasteiger partial charge is 0.355 e. The second kappa shape index (κ2) is 7.65. The van der Waals surface area contributed by atoms with Gasteiger partial charge in [-0.25, -0.2) is 9.59 Å². The van der Waals surface area contributed by atoms with Gasteiger partial charge in [0.15, 0.2) is 0 Å². The van der Waals surface area contributed by atoms with Crippen LogP contribution >= 0.6 is 0 Å². The van der Waals surface area contributed by atoms with Crippen molar-refractivity contribution in [2.45, 2.75) is 18.9 Å². The molecular formula is C18H20N2O5. The number of hydrogen-bond donors (Lipinski definition) is 1. The van der Waals surface area contributed by atoms with Crippen LogP contribution < -0.4 is 5.32 Å². The Hall–Kier alpha value is -3.09. The van der Waals surface area contributed by atoms with E-state index in [9.17, 15) is 14.4 Å². The Kier molecular flexibility index (Phi) is 5.59. The highest BCUT2D eigenvalue weighted by Gasteiger charge is 2.34. The summed E-state index contributed by atoms with van der Waals surface area (Å²) < 4.78 is 11.2. The third-order valence-electron chi connectivity index (χ3n) is 3.93. The molecule has 132 valence electrons. The van der Waals surface area contributed by atoms with Crippen molar-refractivity contribution < 1.29 is 23.9 Å². The van der Waals surface area contributed by atoms with Crippen molar-refractivity contribution in [2.75, 3.05) is 14.2 Å². The molecule has 2 rings (SSSR count). The number of rotatable bonds is 7. The minimum atomic E-state index is -1.15. The van der Waals surface area contributed by atoms with Crippen molar-refractivity contribution in [3.05, 3.63) is 53.9 Å². The van der Waals surface area contributed by atoms with E-state index in [4.69, 9.17) is 9.47 Å². The largest absolute Gasteiger partial charge is 0.467 e. The third kappa shape index (κ3) is 3.88. The van der Waals surface area contributed by atoms with Gasteiger partial charge in [0, 0.05) is 18.3 Å². The number of carbonyl (C=O) groups is 3. The molecule has 0 radical (unpaired) electrons. The number of nitrogens with one attached hydrogen (secondary N) is 1. The van der Waals surface area contributed by atoms with Crippen LogP contribution in [0.2, 0.25) is 0 Å². The monoisotopic (exact) mass is 344 g/mol. The van der Waals surface area contributed by atoms with E-state index in [-0.39, 0.29) is 6.42 Å². The molecular weight excluding hydrogens is 324 g/mol. The molecule has 0 unspecified atom stereocenters. The van der Waals surface area contributed by atoms with Gasteiger partial charge in [0.25, 0.3) is 0 Å². The highest BCUT2D eigenvalue weighted by Crippen LogP contribution is 2.19. The van der Waals surface area contributed by atoms with Crippen LogP contribution in [0.25, 0.3) is 5.69 Å². The van der Waals surface area contributed by atoms with Crippen molar-refractivity contribution in [1.82, 2.24) is 9.88 Å². The van der Waals surface area contributed by atoms with Crippen LogP contribution in [0.15, 0.2) is 42.6 Å². The van der Waals surface area contributed by atoms with Crippen molar-refractivity contribution in [3.63, 3.8) is 0 Å². The van der Waals surface area contributed by atoms with Crippen LogP contribution in [0.3, 0.4) is 0 Å². The molecule has 0 aliphatic rings. The first kappa shape index (κ1) is 18.3. The molecule has 2 aromatic rings. The van der Waals surface area contributed by atoms with Crippen LogP contribution in [0, 0.1) is 0 Å². The van der Waals surface area contributed by atoms with Crippen LogP contribution in [-0.2, 0) is 25.5 Å². The van der Waals surface area contributed by atoms with Gasteiger partial charge in [0.05, 0.1) is 14.2 Å². The number of carbonyl (C=O) groups excluding carboxylic acids is 3. The number of aromatic nitrogens is 1. The van der Waals surface area contributed by atoms with Gasteiger partial charge < -0.3 is 19.4 Å². The number of amides is 1. The number of nitrogens with zero attached hydrogens (tertiary/aromatic N) is 1. The van der Waals surface area contributed by atoms with E-state index in [0.29, 0.717) is 12.1 Å². The first-order valence-corrected chi connectivity index (χ1v) is 7.60. The number of methoxy groups -OCH3 is 2. The zero-order chi connectivity index (χ0) is 18.4. The van der Waals surface area contributed by atoms with E-state index in [1.165, 1.54) is 14.2 Å². The molecule has 0 spiro atoms. The first-order chi connectivity index (χ1) is 11.9. The minimum Gasteiger partial charge on any atom is -0.467 e. The summed E-state index contributed by atoms with van der Waals surface area (Å²) in [7, 11) is 2.60. The van der Waals surface area contributed by atoms with Gasteiger partial charge in [-0.2, -0.15) is 0 Å². The van der Waals surface area contributed by atoms with Gasteiger partial charge >= 0.3 is 11.9 Å². The number of hydrogen-bond acceptors (Lipinski definition) is 5. The van der Waals surface area contributed by atoms with Gasteiger partial charge in [-0.05, 0) is 36.8 Å². The lowest BCUT2D eigenvalue weighted by Gasteiger charge is -2.26. The average molecular weight is 344 g/mol. The van der Waals surface area contributed by atoms with Crippen molar-refractivity contribution in [1.29, 1.82) is 0 Å². The van der Waals surface area contributed by atoms with E-state index in [0.717, 1.165) is 11.3 Å². The quantitative estimate of drug-likeness (QED) is 0.607. The molecule has 0 aliphatic heterocycles. The minimum absolute atomic E-state index is 0.272. The molecule has 0 saturated heterocycles. The van der Waals surface area contributed by atoms with Gasteiger partial charge in [0.2, 0.25) is 6.41 Å². The fraction of sp³-hybridized carbons (Fsp3) is 0.278. The lowest BCUT2D eigenvalue weighted by Crippen LogP contribution is -2.51. The Balaban J connectivity index is 2.25. The normalized spacial score (nSPS) is 12.8. The summed E-state index contributed by atoms with van der Waals surface area (Å²) in [5, 5.41) is 2.51. The molecule has 1 aromatic carbocycles. The maximum absolute atomic E-state index is 11.9. The summed E-state index contributed by atoms with van der Waals surface area (Å²) in [6.07, 6.45) is 2.51. The predicted octanol–water partition coefficient (Wildman–Crippen LogP) is 1.48. The Morgan fingerprint density at radius 3 is 2.40 bits per heavy atom. The maximum atomic E-state index is 11.9. The maximum Gasteiger partial charge on any atom is 0.355 e. The highest BCUT2D eigenvalue weighted by atomic mass is 16.5. The fourth-order valence-corrected chi connectivity index (χ4v) is 2.60. The Morgan fingerprint density at radius 1 is 1.16 bits per heavy atom. The van der Waals surface area contributed by atoms with E-state index in [1.807, 2.05) is 24.3 Å². The predicted molar refractivity (Wildman–Crippen MR) is 90.4 cm³/mol. The van der Waals surface area contributed by atoms with Crippen LogP contribution in [0.1, 0.15) is 23.0 Å². The van der Waals surface area contributed by atoms with E-state index in [1.54, 1.807) is 29.8 Å². The number of ether oxygens (including phenoxy) is 2. The van der Waals surface area contributed by atoms with Gasteiger partial charge in [-0.1, -0.05) is 12.1 Å². The summed E-state index contributed by atoms with van der Waals surface area (Å²) >= 11 is 0. The van der Waals surface area contributed by atoms with Crippen LogP contribution in [0.5, 0.6) is 0 Å². The Morgan fingerprint density at radius 2 is 1.84 bits per heavy atom. The summed E-state index contributed by atoms with van der Waals surface area (Å²) in [5.41, 5.74) is 0.871. The Labute approximate surface area is 145 Å². The summed E-state index contributed by atoms with van der Waals surface area (Å²) in [6, 6.07) is 10.7. The molecule has 1 amide bonds. The lowest BCUT2D eigenvalue weighted by atomic mass is 9.93. The van der Waals surface area contributed by atoms with Crippen LogP contribution in [-0.4, -0.2) is 42.7 Å². The molecule has 7 heteroatoms. The third-order valence-corrected chi connectivity index (χ3v) is 3.93. The van der Waals surface area contributed by atoms with Crippen molar-refractivity contribution >= 4 is 18.3 Å². The van der Waals surface area contributed by atoms with E-state index < -0.39 is 17.5 Å². The van der Waals surface area contributed by atoms with E-state index in [2.05, 4.69) is 5.32 Å². The molecule has 1 N–H and O–H groups in total. The molecule has 0 bridgehead atoms. The van der Waals surface area contributed by atoms with Crippen molar-refractivity contribution in [3.8, 4) is 5.69 Å².